The van der Waals surface area contributed by atoms with Crippen molar-refractivity contribution in [2.75, 3.05) is 18.0 Å². The van der Waals surface area contributed by atoms with Crippen LogP contribution in [0.1, 0.15) is 49.8 Å². The number of carbonyl (C=O) groups is 1. The number of pyridine rings is 1. The zero-order chi connectivity index (χ0) is 20.6. The topological polar surface area (TPSA) is 69.3 Å². The Hall–Kier alpha value is -2.11. The standard InChI is InChI=1S/C20H24N4O2S2/c1-12(2)24-19(26)16(28-20(24)27)10-14-13(3)15(11-21)18(25)22(4)17(14)23-8-6-5-7-9-23/h10,12H,5-9H2,1-4H3. The van der Waals surface area contributed by atoms with Crippen LogP contribution in [0, 0.1) is 18.3 Å². The van der Waals surface area contributed by atoms with Crippen molar-refractivity contribution in [2.24, 2.45) is 7.05 Å². The lowest BCUT2D eigenvalue weighted by Crippen LogP contribution is -2.36. The molecule has 0 atom stereocenters. The fourth-order valence-corrected chi connectivity index (χ4v) is 5.26. The second-order valence-corrected chi connectivity index (χ2v) is 9.08. The Morgan fingerprint density at radius 3 is 2.39 bits per heavy atom. The molecule has 0 saturated carbocycles. The van der Waals surface area contributed by atoms with Gasteiger partial charge in [0.2, 0.25) is 0 Å². The summed E-state index contributed by atoms with van der Waals surface area (Å²) in [6.45, 7) is 7.34. The first-order valence-electron chi connectivity index (χ1n) is 9.43. The second kappa shape index (κ2) is 8.10. The summed E-state index contributed by atoms with van der Waals surface area (Å²) in [4.78, 5) is 29.9. The van der Waals surface area contributed by atoms with Gasteiger partial charge in [-0.3, -0.25) is 19.1 Å². The monoisotopic (exact) mass is 416 g/mol. The lowest BCUT2D eigenvalue weighted by Gasteiger charge is -2.32. The average molecular weight is 417 g/mol. The van der Waals surface area contributed by atoms with Crippen LogP contribution < -0.4 is 10.5 Å². The first kappa shape index (κ1) is 20.6. The molecule has 2 saturated heterocycles. The van der Waals surface area contributed by atoms with Gasteiger partial charge in [-0.15, -0.1) is 0 Å². The van der Waals surface area contributed by atoms with Crippen LogP contribution in [-0.2, 0) is 11.8 Å². The van der Waals surface area contributed by atoms with Gasteiger partial charge in [-0.05, 0) is 51.7 Å². The van der Waals surface area contributed by atoms with Crippen LogP contribution >= 0.6 is 24.0 Å². The third-order valence-corrected chi connectivity index (χ3v) is 6.57. The number of hydrogen-bond acceptors (Lipinski definition) is 6. The van der Waals surface area contributed by atoms with Gasteiger partial charge in [0, 0.05) is 31.7 Å². The number of nitriles is 1. The van der Waals surface area contributed by atoms with Crippen molar-refractivity contribution < 1.29 is 4.79 Å². The highest BCUT2D eigenvalue weighted by molar-refractivity contribution is 8.26. The number of thioether (sulfide) groups is 1. The molecule has 1 amide bonds. The molecule has 1 aromatic rings. The van der Waals surface area contributed by atoms with Crippen molar-refractivity contribution in [3.05, 3.63) is 31.9 Å². The van der Waals surface area contributed by atoms with Crippen LogP contribution in [0.4, 0.5) is 5.82 Å². The second-order valence-electron chi connectivity index (χ2n) is 7.41. The Morgan fingerprint density at radius 1 is 1.21 bits per heavy atom. The molecule has 3 rings (SSSR count). The summed E-state index contributed by atoms with van der Waals surface area (Å²) in [6, 6.07) is 2.02. The number of aromatic nitrogens is 1. The smallest absolute Gasteiger partial charge is 0.270 e. The van der Waals surface area contributed by atoms with Gasteiger partial charge in [-0.25, -0.2) is 0 Å². The van der Waals surface area contributed by atoms with E-state index in [0.717, 1.165) is 37.3 Å². The number of nitrogens with zero attached hydrogens (tertiary/aromatic N) is 4. The van der Waals surface area contributed by atoms with Crippen molar-refractivity contribution in [3.8, 4) is 6.07 Å². The summed E-state index contributed by atoms with van der Waals surface area (Å²) in [5.41, 5.74) is 1.19. The first-order valence-corrected chi connectivity index (χ1v) is 10.7. The Balaban J connectivity index is 2.21. The molecular formula is C20H24N4O2S2. The predicted octanol–water partition coefficient (Wildman–Crippen LogP) is 3.17. The summed E-state index contributed by atoms with van der Waals surface area (Å²) >= 11 is 6.65. The molecule has 1 aromatic heterocycles. The van der Waals surface area contributed by atoms with Crippen LogP contribution in [0.3, 0.4) is 0 Å². The minimum atomic E-state index is -0.299. The largest absolute Gasteiger partial charge is 0.357 e. The molecule has 6 nitrogen and oxygen atoms in total. The maximum absolute atomic E-state index is 12.9. The summed E-state index contributed by atoms with van der Waals surface area (Å²) in [7, 11) is 1.70. The summed E-state index contributed by atoms with van der Waals surface area (Å²) < 4.78 is 2.08. The number of thiocarbonyl (C=S) groups is 1. The van der Waals surface area contributed by atoms with Crippen LogP contribution in [0.25, 0.3) is 6.08 Å². The zero-order valence-electron chi connectivity index (χ0n) is 16.6. The van der Waals surface area contributed by atoms with Gasteiger partial charge in [0.25, 0.3) is 11.5 Å². The lowest BCUT2D eigenvalue weighted by molar-refractivity contribution is -0.123. The quantitative estimate of drug-likeness (QED) is 0.557. The van der Waals surface area contributed by atoms with Gasteiger partial charge in [-0.1, -0.05) is 24.0 Å². The molecule has 0 bridgehead atoms. The molecule has 2 aliphatic rings. The van der Waals surface area contributed by atoms with E-state index in [1.807, 2.05) is 19.9 Å². The zero-order valence-corrected chi connectivity index (χ0v) is 18.2. The molecule has 8 heteroatoms. The van der Waals surface area contributed by atoms with E-state index < -0.39 is 0 Å². The van der Waals surface area contributed by atoms with Crippen LogP contribution in [0.2, 0.25) is 0 Å². The third-order valence-electron chi connectivity index (χ3n) is 5.24. The van der Waals surface area contributed by atoms with E-state index in [-0.39, 0.29) is 23.1 Å². The van der Waals surface area contributed by atoms with E-state index in [9.17, 15) is 14.9 Å². The van der Waals surface area contributed by atoms with Crippen molar-refractivity contribution in [2.45, 2.75) is 46.1 Å². The molecule has 0 radical (unpaired) electrons. The van der Waals surface area contributed by atoms with Gasteiger partial charge >= 0.3 is 0 Å². The van der Waals surface area contributed by atoms with Crippen molar-refractivity contribution in [1.29, 1.82) is 5.26 Å². The fourth-order valence-electron chi connectivity index (χ4n) is 3.76. The van der Waals surface area contributed by atoms with Crippen molar-refractivity contribution >= 4 is 46.1 Å². The Bertz CT molecular complexity index is 966. The van der Waals surface area contributed by atoms with Gasteiger partial charge in [0.15, 0.2) is 0 Å². The van der Waals surface area contributed by atoms with Crippen LogP contribution in [-0.4, -0.2) is 38.8 Å². The van der Waals surface area contributed by atoms with Crippen molar-refractivity contribution in [1.82, 2.24) is 9.47 Å². The highest BCUT2D eigenvalue weighted by Gasteiger charge is 2.34. The van der Waals surface area contributed by atoms with E-state index in [1.165, 1.54) is 18.2 Å². The van der Waals surface area contributed by atoms with Gasteiger partial charge in [0.05, 0.1) is 4.91 Å². The van der Waals surface area contributed by atoms with Crippen LogP contribution in [0.5, 0.6) is 0 Å². The number of anilines is 1. The highest BCUT2D eigenvalue weighted by atomic mass is 32.2. The maximum Gasteiger partial charge on any atom is 0.270 e. The van der Waals surface area contributed by atoms with E-state index in [2.05, 4.69) is 4.90 Å². The molecule has 0 aliphatic carbocycles. The molecule has 3 heterocycles. The Kier molecular flexibility index (Phi) is 5.96. The molecule has 0 spiro atoms. The molecule has 0 unspecified atom stereocenters. The molecule has 148 valence electrons. The highest BCUT2D eigenvalue weighted by Crippen LogP contribution is 2.36. The minimum absolute atomic E-state index is 0.0177. The number of carbonyl (C=O) groups excluding carboxylic acids is 1. The summed E-state index contributed by atoms with van der Waals surface area (Å²) in [5.74, 6) is 0.650. The SMILES string of the molecule is Cc1c(C=C2SC(=S)N(C(C)C)C2=O)c(N2CCCCC2)n(C)c(=O)c1C#N. The maximum atomic E-state index is 12.9. The lowest BCUT2D eigenvalue weighted by atomic mass is 10.0. The molecule has 2 aliphatic heterocycles. The van der Waals surface area contributed by atoms with Gasteiger partial charge < -0.3 is 4.90 Å². The normalized spacial score (nSPS) is 19.1. The van der Waals surface area contributed by atoms with Crippen LogP contribution in [0.15, 0.2) is 9.70 Å². The fraction of sp³-hybridized carbons (Fsp3) is 0.500. The molecule has 28 heavy (non-hydrogen) atoms. The molecule has 0 aromatic carbocycles. The summed E-state index contributed by atoms with van der Waals surface area (Å²) in [6.07, 6.45) is 5.09. The van der Waals surface area contributed by atoms with E-state index in [0.29, 0.717) is 14.8 Å². The average Bonchev–Trinajstić information content (AvgIpc) is 2.94. The third kappa shape index (κ3) is 3.49. The van der Waals surface area contributed by atoms with Gasteiger partial charge in [-0.2, -0.15) is 5.26 Å². The number of amides is 1. The number of hydrogen-bond donors (Lipinski definition) is 0. The molecular weight excluding hydrogens is 392 g/mol. The van der Waals surface area contributed by atoms with Crippen molar-refractivity contribution in [3.63, 3.8) is 0 Å². The number of rotatable bonds is 3. The predicted molar refractivity (Wildman–Crippen MR) is 117 cm³/mol. The molecule has 0 N–H and O–H groups in total. The van der Waals surface area contributed by atoms with E-state index >= 15 is 0 Å². The summed E-state index contributed by atoms with van der Waals surface area (Å²) in [5, 5.41) is 9.52. The number of piperidine rings is 1. The van der Waals surface area contributed by atoms with Gasteiger partial charge in [0.1, 0.15) is 21.8 Å². The van der Waals surface area contributed by atoms with E-state index in [4.69, 9.17) is 12.2 Å². The minimum Gasteiger partial charge on any atom is -0.357 e. The first-order chi connectivity index (χ1) is 13.3. The Labute approximate surface area is 174 Å². The molecule has 2 fully saturated rings. The Morgan fingerprint density at radius 2 is 1.86 bits per heavy atom. The van der Waals surface area contributed by atoms with E-state index in [1.54, 1.807) is 29.5 Å².